The molecule has 0 aliphatic carbocycles. The van der Waals surface area contributed by atoms with Gasteiger partial charge in [-0.1, -0.05) is 13.8 Å². The Hall–Kier alpha value is -1.84. The number of nitrogens with one attached hydrogen (secondary N) is 1. The fourth-order valence-corrected chi connectivity index (χ4v) is 2.34. The van der Waals surface area contributed by atoms with Crippen LogP contribution in [0.3, 0.4) is 0 Å². The lowest BCUT2D eigenvalue weighted by Gasteiger charge is -2.30. The Morgan fingerprint density at radius 2 is 1.80 bits per heavy atom. The molecule has 1 aromatic rings. The van der Waals surface area contributed by atoms with E-state index in [2.05, 4.69) is 12.2 Å². The molecule has 1 saturated heterocycles. The van der Waals surface area contributed by atoms with Gasteiger partial charge in [0.25, 0.3) is 5.91 Å². The second-order valence-electron chi connectivity index (χ2n) is 5.45. The molecule has 1 aromatic carbocycles. The highest BCUT2D eigenvalue weighted by atomic mass is 16.2. The van der Waals surface area contributed by atoms with Crippen molar-refractivity contribution >= 4 is 17.5 Å². The molecular weight excluding hydrogens is 252 g/mol. The van der Waals surface area contributed by atoms with Crippen LogP contribution in [-0.4, -0.2) is 29.8 Å². The number of benzene rings is 1. The third-order valence-electron chi connectivity index (χ3n) is 3.81. The summed E-state index contributed by atoms with van der Waals surface area (Å²) in [6.07, 6.45) is 2.61. The van der Waals surface area contributed by atoms with Crippen molar-refractivity contribution in [2.24, 2.45) is 5.92 Å². The Kier molecular flexibility index (Phi) is 4.77. The molecule has 1 fully saturated rings. The van der Waals surface area contributed by atoms with Gasteiger partial charge in [0.15, 0.2) is 0 Å². The van der Waals surface area contributed by atoms with E-state index < -0.39 is 0 Å². The van der Waals surface area contributed by atoms with Crippen LogP contribution in [0.15, 0.2) is 24.3 Å². The predicted octanol–water partition coefficient (Wildman–Crippen LogP) is 2.91. The number of amides is 2. The molecule has 1 aliphatic rings. The van der Waals surface area contributed by atoms with E-state index in [1.807, 2.05) is 11.8 Å². The normalized spacial score (nSPS) is 16.0. The number of anilines is 1. The molecule has 2 rings (SSSR count). The molecule has 20 heavy (non-hydrogen) atoms. The second-order valence-corrected chi connectivity index (χ2v) is 5.45. The minimum Gasteiger partial charge on any atom is -0.339 e. The van der Waals surface area contributed by atoms with Crippen LogP contribution in [-0.2, 0) is 4.79 Å². The molecule has 0 spiro atoms. The highest BCUT2D eigenvalue weighted by Crippen LogP contribution is 2.19. The van der Waals surface area contributed by atoms with Gasteiger partial charge in [0.05, 0.1) is 0 Å². The number of hydrogen-bond donors (Lipinski definition) is 1. The number of rotatable bonds is 3. The van der Waals surface area contributed by atoms with Gasteiger partial charge < -0.3 is 10.2 Å². The summed E-state index contributed by atoms with van der Waals surface area (Å²) >= 11 is 0. The lowest BCUT2D eigenvalue weighted by atomic mass is 9.98. The molecule has 2 amide bonds. The second kappa shape index (κ2) is 6.55. The summed E-state index contributed by atoms with van der Waals surface area (Å²) in [4.78, 5) is 25.5. The summed E-state index contributed by atoms with van der Waals surface area (Å²) in [6.45, 7) is 5.72. The minimum absolute atomic E-state index is 0.0194. The van der Waals surface area contributed by atoms with Crippen molar-refractivity contribution in [3.63, 3.8) is 0 Å². The molecule has 108 valence electrons. The maximum absolute atomic E-state index is 12.3. The number of likely N-dealkylation sites (tertiary alicyclic amines) is 1. The van der Waals surface area contributed by atoms with Crippen LogP contribution in [0, 0.1) is 5.92 Å². The van der Waals surface area contributed by atoms with Crippen LogP contribution in [0.5, 0.6) is 0 Å². The smallest absolute Gasteiger partial charge is 0.253 e. The van der Waals surface area contributed by atoms with Crippen LogP contribution in [0.2, 0.25) is 0 Å². The van der Waals surface area contributed by atoms with Crippen molar-refractivity contribution in [2.75, 3.05) is 18.4 Å². The largest absolute Gasteiger partial charge is 0.339 e. The summed E-state index contributed by atoms with van der Waals surface area (Å²) in [5.41, 5.74) is 1.43. The fourth-order valence-electron chi connectivity index (χ4n) is 2.34. The van der Waals surface area contributed by atoms with E-state index >= 15 is 0 Å². The summed E-state index contributed by atoms with van der Waals surface area (Å²) in [5, 5.41) is 2.78. The van der Waals surface area contributed by atoms with Crippen LogP contribution in [0.25, 0.3) is 0 Å². The molecule has 0 bridgehead atoms. The van der Waals surface area contributed by atoms with E-state index in [9.17, 15) is 9.59 Å². The van der Waals surface area contributed by atoms with Gasteiger partial charge in [-0.05, 0) is 43.0 Å². The van der Waals surface area contributed by atoms with E-state index in [0.29, 0.717) is 17.9 Å². The van der Waals surface area contributed by atoms with Gasteiger partial charge in [0.1, 0.15) is 0 Å². The first-order chi connectivity index (χ1) is 9.60. The number of carbonyl (C=O) groups is 2. The van der Waals surface area contributed by atoms with Gasteiger partial charge in [0, 0.05) is 30.8 Å². The van der Waals surface area contributed by atoms with E-state index in [4.69, 9.17) is 0 Å². The average Bonchev–Trinajstić information content (AvgIpc) is 2.48. The molecular formula is C16H22N2O2. The monoisotopic (exact) mass is 274 g/mol. The van der Waals surface area contributed by atoms with Gasteiger partial charge in [0.2, 0.25) is 5.91 Å². The highest BCUT2D eigenvalue weighted by Gasteiger charge is 2.21. The SMILES string of the molecule is CCC(=O)Nc1ccc(C(=O)N2CCC(C)CC2)cc1. The van der Waals surface area contributed by atoms with Gasteiger partial charge in [-0.15, -0.1) is 0 Å². The molecule has 1 aliphatic heterocycles. The van der Waals surface area contributed by atoms with Crippen molar-refractivity contribution in [3.05, 3.63) is 29.8 Å². The Morgan fingerprint density at radius 3 is 2.35 bits per heavy atom. The minimum atomic E-state index is -0.0194. The van der Waals surface area contributed by atoms with Gasteiger partial charge >= 0.3 is 0 Å². The maximum atomic E-state index is 12.3. The highest BCUT2D eigenvalue weighted by molar-refractivity contribution is 5.95. The first kappa shape index (κ1) is 14.6. The van der Waals surface area contributed by atoms with Crippen molar-refractivity contribution in [3.8, 4) is 0 Å². The summed E-state index contributed by atoms with van der Waals surface area (Å²) < 4.78 is 0. The van der Waals surface area contributed by atoms with E-state index in [-0.39, 0.29) is 11.8 Å². The Labute approximate surface area is 120 Å². The van der Waals surface area contributed by atoms with E-state index in [1.165, 1.54) is 0 Å². The van der Waals surface area contributed by atoms with Gasteiger partial charge in [-0.3, -0.25) is 9.59 Å². The number of piperidine rings is 1. The zero-order valence-electron chi connectivity index (χ0n) is 12.2. The quantitative estimate of drug-likeness (QED) is 0.921. The van der Waals surface area contributed by atoms with Crippen LogP contribution in [0.1, 0.15) is 43.5 Å². The van der Waals surface area contributed by atoms with E-state index in [1.54, 1.807) is 24.3 Å². The Bertz CT molecular complexity index is 474. The van der Waals surface area contributed by atoms with E-state index in [0.717, 1.165) is 31.6 Å². The lowest BCUT2D eigenvalue weighted by molar-refractivity contribution is -0.115. The fraction of sp³-hybridized carbons (Fsp3) is 0.500. The number of hydrogen-bond acceptors (Lipinski definition) is 2. The Balaban J connectivity index is 1.98. The molecule has 4 nitrogen and oxygen atoms in total. The van der Waals surface area contributed by atoms with Gasteiger partial charge in [-0.2, -0.15) is 0 Å². The van der Waals surface area contributed by atoms with Gasteiger partial charge in [-0.25, -0.2) is 0 Å². The molecule has 1 heterocycles. The Morgan fingerprint density at radius 1 is 1.20 bits per heavy atom. The van der Waals surface area contributed by atoms with Crippen LogP contribution < -0.4 is 5.32 Å². The summed E-state index contributed by atoms with van der Waals surface area (Å²) in [7, 11) is 0. The third kappa shape index (κ3) is 3.59. The molecule has 0 atom stereocenters. The third-order valence-corrected chi connectivity index (χ3v) is 3.81. The van der Waals surface area contributed by atoms with Crippen molar-refractivity contribution in [2.45, 2.75) is 33.1 Å². The molecule has 0 saturated carbocycles. The molecule has 0 radical (unpaired) electrons. The van der Waals surface area contributed by atoms with Crippen LogP contribution >= 0.6 is 0 Å². The first-order valence-corrected chi connectivity index (χ1v) is 7.29. The molecule has 0 unspecified atom stereocenters. The maximum Gasteiger partial charge on any atom is 0.253 e. The summed E-state index contributed by atoms with van der Waals surface area (Å²) in [6, 6.07) is 7.14. The van der Waals surface area contributed by atoms with Crippen molar-refractivity contribution in [1.29, 1.82) is 0 Å². The average molecular weight is 274 g/mol. The predicted molar refractivity (Wildman–Crippen MR) is 79.7 cm³/mol. The first-order valence-electron chi connectivity index (χ1n) is 7.29. The zero-order valence-corrected chi connectivity index (χ0v) is 12.2. The molecule has 0 aromatic heterocycles. The zero-order chi connectivity index (χ0) is 14.5. The van der Waals surface area contributed by atoms with Crippen LogP contribution in [0.4, 0.5) is 5.69 Å². The topological polar surface area (TPSA) is 49.4 Å². The standard InChI is InChI=1S/C16H22N2O2/c1-3-15(19)17-14-6-4-13(5-7-14)16(20)18-10-8-12(2)9-11-18/h4-7,12H,3,8-11H2,1-2H3,(H,17,19). The molecule has 1 N–H and O–H groups in total. The number of carbonyl (C=O) groups excluding carboxylic acids is 2. The molecule has 4 heteroatoms. The lowest BCUT2D eigenvalue weighted by Crippen LogP contribution is -2.37. The summed E-state index contributed by atoms with van der Waals surface area (Å²) in [5.74, 6) is 0.782. The van der Waals surface area contributed by atoms with Crippen molar-refractivity contribution < 1.29 is 9.59 Å². The van der Waals surface area contributed by atoms with Crippen molar-refractivity contribution in [1.82, 2.24) is 4.90 Å². The number of nitrogens with zero attached hydrogens (tertiary/aromatic N) is 1.